The Morgan fingerprint density at radius 2 is 0.925 bits per heavy atom. The van der Waals surface area contributed by atoms with Crippen LogP contribution in [0.4, 0.5) is 0 Å². The topological polar surface area (TPSA) is 200 Å². The molecule has 15 nitrogen and oxygen atoms in total. The van der Waals surface area contributed by atoms with E-state index >= 15 is 0 Å². The fourth-order valence-corrected chi connectivity index (χ4v) is 4.23. The van der Waals surface area contributed by atoms with Crippen LogP contribution in [0.3, 0.4) is 0 Å². The molecule has 0 aromatic rings. The molecule has 40 heavy (non-hydrogen) atoms. The molecule has 1 rings (SSSR count). The van der Waals surface area contributed by atoms with Crippen molar-refractivity contribution in [1.82, 2.24) is 24.9 Å². The minimum Gasteiger partial charge on any atom is -0.481 e. The van der Waals surface area contributed by atoms with E-state index in [1.165, 1.54) is 0 Å². The highest BCUT2D eigenvalue weighted by Gasteiger charge is 2.29. The first-order chi connectivity index (χ1) is 18.5. The largest absolute Gasteiger partial charge is 0.481 e. The van der Waals surface area contributed by atoms with Crippen LogP contribution in [-0.4, -0.2) is 166 Å². The summed E-state index contributed by atoms with van der Waals surface area (Å²) in [6.45, 7) is 8.51. The standard InChI is InChI=1S/C25H45N5O10/c1-24(2,18-40-25(3,4)13-20(32)33)26-19(31)14-27-5-7-28(15-21(34)35)9-11-30(17-23(38)39)12-10-29(8-6-27)16-22(36)37/h5-18H2,1-4H3,(H,26,31)(H,32,33)(H,34,35)(H,36,37)(H,38,39). The lowest BCUT2D eigenvalue weighted by Gasteiger charge is -2.34. The van der Waals surface area contributed by atoms with Gasteiger partial charge >= 0.3 is 23.9 Å². The second-order valence-electron chi connectivity index (χ2n) is 11.3. The molecule has 5 N–H and O–H groups in total. The summed E-state index contributed by atoms with van der Waals surface area (Å²) in [5.74, 6) is -4.40. The van der Waals surface area contributed by atoms with Crippen molar-refractivity contribution in [2.24, 2.45) is 0 Å². The molecular weight excluding hydrogens is 530 g/mol. The summed E-state index contributed by atoms with van der Waals surface area (Å²) in [5.41, 5.74) is -1.73. The lowest BCUT2D eigenvalue weighted by molar-refractivity contribution is -0.145. The highest BCUT2D eigenvalue weighted by Crippen LogP contribution is 2.17. The van der Waals surface area contributed by atoms with Crippen LogP contribution < -0.4 is 5.32 Å². The van der Waals surface area contributed by atoms with Gasteiger partial charge in [0, 0.05) is 52.4 Å². The van der Waals surface area contributed by atoms with Crippen molar-refractivity contribution in [3.8, 4) is 0 Å². The van der Waals surface area contributed by atoms with E-state index in [0.717, 1.165) is 0 Å². The number of aliphatic carboxylic acids is 4. The Bertz CT molecular complexity index is 850. The molecule has 0 aliphatic carbocycles. The normalized spacial score (nSPS) is 17.9. The number of carboxylic acid groups (broad SMARTS) is 4. The maximum atomic E-state index is 13.0. The summed E-state index contributed by atoms with van der Waals surface area (Å²) in [7, 11) is 0. The van der Waals surface area contributed by atoms with Crippen LogP contribution in [0, 0.1) is 0 Å². The Morgan fingerprint density at radius 3 is 1.23 bits per heavy atom. The molecule has 230 valence electrons. The second kappa shape index (κ2) is 16.4. The summed E-state index contributed by atoms with van der Waals surface area (Å²) in [6.07, 6.45) is -0.196. The van der Waals surface area contributed by atoms with Gasteiger partial charge in [-0.15, -0.1) is 0 Å². The highest BCUT2D eigenvalue weighted by atomic mass is 16.5. The first-order valence-electron chi connectivity index (χ1n) is 13.2. The van der Waals surface area contributed by atoms with Crippen molar-refractivity contribution < 1.29 is 49.1 Å². The molecule has 0 aromatic carbocycles. The molecule has 1 aliphatic rings. The monoisotopic (exact) mass is 575 g/mol. The van der Waals surface area contributed by atoms with Crippen molar-refractivity contribution in [2.45, 2.75) is 45.3 Å². The first-order valence-corrected chi connectivity index (χ1v) is 13.2. The van der Waals surface area contributed by atoms with Crippen molar-refractivity contribution >= 4 is 29.8 Å². The third-order valence-corrected chi connectivity index (χ3v) is 6.25. The van der Waals surface area contributed by atoms with E-state index in [9.17, 15) is 39.3 Å². The van der Waals surface area contributed by atoms with Gasteiger partial charge in [-0.1, -0.05) is 0 Å². The van der Waals surface area contributed by atoms with Crippen molar-refractivity contribution in [3.05, 3.63) is 0 Å². The van der Waals surface area contributed by atoms with Crippen LogP contribution in [0.1, 0.15) is 34.1 Å². The van der Waals surface area contributed by atoms with Crippen LogP contribution in [0.25, 0.3) is 0 Å². The molecule has 0 saturated carbocycles. The van der Waals surface area contributed by atoms with Gasteiger partial charge in [0.05, 0.1) is 50.3 Å². The van der Waals surface area contributed by atoms with Gasteiger partial charge < -0.3 is 30.5 Å². The van der Waals surface area contributed by atoms with E-state index in [-0.39, 0.29) is 71.3 Å². The highest BCUT2D eigenvalue weighted by molar-refractivity contribution is 5.78. The van der Waals surface area contributed by atoms with Gasteiger partial charge in [-0.05, 0) is 27.7 Å². The summed E-state index contributed by atoms with van der Waals surface area (Å²) in [4.78, 5) is 65.0. The minimum absolute atomic E-state index is 0.0328. The third kappa shape index (κ3) is 16.3. The number of hydrogen-bond donors (Lipinski definition) is 5. The van der Waals surface area contributed by atoms with Gasteiger partial charge in [0.15, 0.2) is 0 Å². The molecule has 1 aliphatic heterocycles. The van der Waals surface area contributed by atoms with E-state index in [1.807, 2.05) is 4.90 Å². The van der Waals surface area contributed by atoms with Crippen molar-refractivity contribution in [1.29, 1.82) is 0 Å². The number of hydrogen-bond acceptors (Lipinski definition) is 10. The molecule has 15 heteroatoms. The van der Waals surface area contributed by atoms with E-state index in [4.69, 9.17) is 9.84 Å². The number of nitrogens with one attached hydrogen (secondary N) is 1. The average Bonchev–Trinajstić information content (AvgIpc) is 2.77. The van der Waals surface area contributed by atoms with Gasteiger partial charge in [-0.25, -0.2) is 0 Å². The molecule has 1 amide bonds. The van der Waals surface area contributed by atoms with Crippen molar-refractivity contribution in [2.75, 3.05) is 85.1 Å². The summed E-state index contributed by atoms with van der Waals surface area (Å²) in [6, 6.07) is 0. The van der Waals surface area contributed by atoms with Crippen LogP contribution in [0.5, 0.6) is 0 Å². The molecule has 1 fully saturated rings. The number of carbonyl (C=O) groups is 5. The number of carboxylic acids is 4. The Hall–Kier alpha value is -2.85. The van der Waals surface area contributed by atoms with Crippen LogP contribution in [-0.2, 0) is 28.7 Å². The molecule has 1 heterocycles. The molecule has 0 bridgehead atoms. The molecule has 0 aromatic heterocycles. The summed E-state index contributed by atoms with van der Waals surface area (Å²) < 4.78 is 5.75. The number of ether oxygens (including phenoxy) is 1. The van der Waals surface area contributed by atoms with Gasteiger partial charge in [0.2, 0.25) is 5.91 Å². The van der Waals surface area contributed by atoms with Gasteiger partial charge in [0.25, 0.3) is 0 Å². The predicted molar refractivity (Wildman–Crippen MR) is 143 cm³/mol. The summed E-state index contributed by atoms with van der Waals surface area (Å²) >= 11 is 0. The molecule has 0 radical (unpaired) electrons. The number of nitrogens with zero attached hydrogens (tertiary/aromatic N) is 4. The zero-order chi connectivity index (χ0) is 30.5. The zero-order valence-corrected chi connectivity index (χ0v) is 23.9. The Balaban J connectivity index is 2.94. The first kappa shape index (κ1) is 35.2. The average molecular weight is 576 g/mol. The smallest absolute Gasteiger partial charge is 0.317 e. The lowest BCUT2D eigenvalue weighted by atomic mass is 10.0. The lowest BCUT2D eigenvalue weighted by Crippen LogP contribution is -2.53. The van der Waals surface area contributed by atoms with Crippen LogP contribution >= 0.6 is 0 Å². The second-order valence-corrected chi connectivity index (χ2v) is 11.3. The van der Waals surface area contributed by atoms with E-state index in [1.54, 1.807) is 42.4 Å². The number of rotatable bonds is 14. The molecular formula is C25H45N5O10. The quantitative estimate of drug-likeness (QED) is 0.162. The number of amides is 1. The Labute approximate surface area is 234 Å². The fourth-order valence-electron chi connectivity index (χ4n) is 4.23. The fraction of sp³-hybridized carbons (Fsp3) is 0.800. The Morgan fingerprint density at radius 1 is 0.600 bits per heavy atom. The van der Waals surface area contributed by atoms with Gasteiger partial charge in [-0.3, -0.25) is 43.6 Å². The van der Waals surface area contributed by atoms with Crippen molar-refractivity contribution in [3.63, 3.8) is 0 Å². The van der Waals surface area contributed by atoms with Crippen LogP contribution in [0.2, 0.25) is 0 Å². The predicted octanol–water partition coefficient (Wildman–Crippen LogP) is -1.37. The maximum Gasteiger partial charge on any atom is 0.317 e. The molecule has 0 unspecified atom stereocenters. The SMILES string of the molecule is CC(C)(COC(C)(C)CC(=O)O)NC(=O)CN1CCN(CC(=O)O)CCN(CC(=O)O)CCN(CC(=O)O)CC1. The van der Waals surface area contributed by atoms with Gasteiger partial charge in [-0.2, -0.15) is 0 Å². The third-order valence-electron chi connectivity index (χ3n) is 6.25. The molecule has 0 spiro atoms. The summed E-state index contributed by atoms with van der Waals surface area (Å²) in [5, 5.41) is 39.9. The van der Waals surface area contributed by atoms with E-state index < -0.39 is 35.0 Å². The molecule has 1 saturated heterocycles. The molecule has 0 atom stereocenters. The Kier molecular flexibility index (Phi) is 14.4. The van der Waals surface area contributed by atoms with E-state index in [2.05, 4.69) is 5.32 Å². The van der Waals surface area contributed by atoms with E-state index in [0.29, 0.717) is 26.2 Å². The van der Waals surface area contributed by atoms with Crippen LogP contribution in [0.15, 0.2) is 0 Å². The maximum absolute atomic E-state index is 13.0. The minimum atomic E-state index is -1.03. The zero-order valence-electron chi connectivity index (χ0n) is 23.9. The number of carbonyl (C=O) groups excluding carboxylic acids is 1. The van der Waals surface area contributed by atoms with Gasteiger partial charge in [0.1, 0.15) is 0 Å².